The second kappa shape index (κ2) is 5.49. The van der Waals surface area contributed by atoms with Gasteiger partial charge in [-0.2, -0.15) is 0 Å². The number of para-hydroxylation sites is 1. The number of carbonyl (C=O) groups is 2. The summed E-state index contributed by atoms with van der Waals surface area (Å²) in [5.74, 6) is -0.535. The first-order valence-electron chi connectivity index (χ1n) is 5.97. The van der Waals surface area contributed by atoms with Crippen LogP contribution in [0.15, 0.2) is 43.0 Å². The molecular weight excluding hydrogens is 228 g/mol. The van der Waals surface area contributed by atoms with Gasteiger partial charge in [-0.1, -0.05) is 24.3 Å². The number of hydrogen-bond acceptors (Lipinski definition) is 2. The maximum Gasteiger partial charge on any atom is 0.228 e. The standard InChI is InChI=1S/C14H16N2O2/c1-2-8-15-13(17)11-9-12(11)14(18)16-10-6-4-3-5-7-10/h2-7,11-12H,1,8-9H2,(H,15,17)(H,16,18). The monoisotopic (exact) mass is 244 g/mol. The molecule has 0 aromatic heterocycles. The molecule has 1 aromatic carbocycles. The van der Waals surface area contributed by atoms with Gasteiger partial charge < -0.3 is 10.6 Å². The van der Waals surface area contributed by atoms with Gasteiger partial charge in [-0.05, 0) is 18.6 Å². The first kappa shape index (κ1) is 12.4. The third kappa shape index (κ3) is 2.97. The van der Waals surface area contributed by atoms with Crippen molar-refractivity contribution in [1.82, 2.24) is 5.32 Å². The van der Waals surface area contributed by atoms with E-state index >= 15 is 0 Å². The minimum absolute atomic E-state index is 0.0666. The molecular formula is C14H16N2O2. The van der Waals surface area contributed by atoms with Crippen molar-refractivity contribution < 1.29 is 9.59 Å². The maximum atomic E-state index is 11.9. The lowest BCUT2D eigenvalue weighted by molar-refractivity contribution is -0.125. The van der Waals surface area contributed by atoms with Crippen LogP contribution in [0.2, 0.25) is 0 Å². The predicted octanol–water partition coefficient (Wildman–Crippen LogP) is 1.56. The molecule has 1 saturated carbocycles. The summed E-state index contributed by atoms with van der Waals surface area (Å²) >= 11 is 0. The van der Waals surface area contributed by atoms with Gasteiger partial charge in [0.15, 0.2) is 0 Å². The molecule has 2 amide bonds. The minimum Gasteiger partial charge on any atom is -0.352 e. The van der Waals surface area contributed by atoms with Crippen molar-refractivity contribution in [1.29, 1.82) is 0 Å². The summed E-state index contributed by atoms with van der Waals surface area (Å²) < 4.78 is 0. The fourth-order valence-corrected chi connectivity index (χ4v) is 1.83. The molecule has 0 saturated heterocycles. The lowest BCUT2D eigenvalue weighted by Crippen LogP contribution is -2.27. The van der Waals surface area contributed by atoms with E-state index in [1.807, 2.05) is 30.3 Å². The van der Waals surface area contributed by atoms with Crippen molar-refractivity contribution in [2.75, 3.05) is 11.9 Å². The van der Waals surface area contributed by atoms with Crippen molar-refractivity contribution >= 4 is 17.5 Å². The number of rotatable bonds is 5. The maximum absolute atomic E-state index is 11.9. The Labute approximate surface area is 106 Å². The van der Waals surface area contributed by atoms with E-state index in [1.54, 1.807) is 6.08 Å². The molecule has 0 spiro atoms. The highest BCUT2D eigenvalue weighted by atomic mass is 16.2. The van der Waals surface area contributed by atoms with E-state index in [1.165, 1.54) is 0 Å². The molecule has 2 atom stereocenters. The Kier molecular flexibility index (Phi) is 3.77. The van der Waals surface area contributed by atoms with Gasteiger partial charge in [0, 0.05) is 12.2 Å². The summed E-state index contributed by atoms with van der Waals surface area (Å²) in [6.45, 7) is 3.98. The quantitative estimate of drug-likeness (QED) is 0.772. The Morgan fingerprint density at radius 1 is 1.22 bits per heavy atom. The molecule has 0 aliphatic heterocycles. The van der Waals surface area contributed by atoms with Crippen molar-refractivity contribution in [3.8, 4) is 0 Å². The SMILES string of the molecule is C=CCNC(=O)C1CC1C(=O)Nc1ccccc1. The molecule has 0 radical (unpaired) electrons. The van der Waals surface area contributed by atoms with Gasteiger partial charge in [0.2, 0.25) is 11.8 Å². The number of anilines is 1. The molecule has 1 aliphatic carbocycles. The summed E-state index contributed by atoms with van der Waals surface area (Å²) in [7, 11) is 0. The number of nitrogens with one attached hydrogen (secondary N) is 2. The second-order valence-electron chi connectivity index (χ2n) is 4.34. The molecule has 1 aliphatic rings. The highest BCUT2D eigenvalue weighted by Crippen LogP contribution is 2.39. The zero-order valence-corrected chi connectivity index (χ0v) is 10.1. The molecule has 2 N–H and O–H groups in total. The molecule has 2 unspecified atom stereocenters. The minimum atomic E-state index is -0.199. The van der Waals surface area contributed by atoms with Gasteiger partial charge in [-0.25, -0.2) is 0 Å². The summed E-state index contributed by atoms with van der Waals surface area (Å²) in [6.07, 6.45) is 2.25. The van der Waals surface area contributed by atoms with Crippen LogP contribution in [0.3, 0.4) is 0 Å². The molecule has 2 rings (SSSR count). The van der Waals surface area contributed by atoms with E-state index < -0.39 is 0 Å². The molecule has 18 heavy (non-hydrogen) atoms. The van der Waals surface area contributed by atoms with Crippen LogP contribution in [-0.4, -0.2) is 18.4 Å². The van der Waals surface area contributed by atoms with Gasteiger partial charge in [0.1, 0.15) is 0 Å². The molecule has 94 valence electrons. The average molecular weight is 244 g/mol. The fourth-order valence-electron chi connectivity index (χ4n) is 1.83. The summed E-state index contributed by atoms with van der Waals surface area (Å²) in [6, 6.07) is 9.26. The van der Waals surface area contributed by atoms with Crippen LogP contribution in [0.5, 0.6) is 0 Å². The van der Waals surface area contributed by atoms with Crippen LogP contribution in [-0.2, 0) is 9.59 Å². The number of amides is 2. The Balaban J connectivity index is 1.82. The van der Waals surface area contributed by atoms with Crippen LogP contribution in [0, 0.1) is 11.8 Å². The van der Waals surface area contributed by atoms with Crippen LogP contribution in [0.4, 0.5) is 5.69 Å². The van der Waals surface area contributed by atoms with E-state index in [-0.39, 0.29) is 23.7 Å². The molecule has 0 heterocycles. The third-order valence-electron chi connectivity index (χ3n) is 2.93. The summed E-state index contributed by atoms with van der Waals surface area (Å²) in [5.41, 5.74) is 0.764. The van der Waals surface area contributed by atoms with Crippen LogP contribution < -0.4 is 10.6 Å². The van der Waals surface area contributed by atoms with E-state index in [9.17, 15) is 9.59 Å². The third-order valence-corrected chi connectivity index (χ3v) is 2.93. The largest absolute Gasteiger partial charge is 0.352 e. The average Bonchev–Trinajstić information content (AvgIpc) is 3.17. The van der Waals surface area contributed by atoms with Gasteiger partial charge in [0.25, 0.3) is 0 Å². The first-order chi connectivity index (χ1) is 8.72. The number of benzene rings is 1. The first-order valence-corrected chi connectivity index (χ1v) is 5.97. The van der Waals surface area contributed by atoms with E-state index in [4.69, 9.17) is 0 Å². The fraction of sp³-hybridized carbons (Fsp3) is 0.286. The Morgan fingerprint density at radius 2 is 1.89 bits per heavy atom. The number of carbonyl (C=O) groups excluding carboxylic acids is 2. The zero-order chi connectivity index (χ0) is 13.0. The van der Waals surface area contributed by atoms with Crippen molar-refractivity contribution in [3.63, 3.8) is 0 Å². The Morgan fingerprint density at radius 3 is 2.56 bits per heavy atom. The summed E-state index contributed by atoms with van der Waals surface area (Å²) in [4.78, 5) is 23.4. The van der Waals surface area contributed by atoms with Gasteiger partial charge in [-0.3, -0.25) is 9.59 Å². The van der Waals surface area contributed by atoms with Crippen molar-refractivity contribution in [3.05, 3.63) is 43.0 Å². The second-order valence-corrected chi connectivity index (χ2v) is 4.34. The van der Waals surface area contributed by atoms with Crippen LogP contribution >= 0.6 is 0 Å². The van der Waals surface area contributed by atoms with Gasteiger partial charge >= 0.3 is 0 Å². The van der Waals surface area contributed by atoms with Crippen LogP contribution in [0.1, 0.15) is 6.42 Å². The van der Waals surface area contributed by atoms with E-state index in [0.717, 1.165) is 5.69 Å². The Hall–Kier alpha value is -2.10. The number of hydrogen-bond donors (Lipinski definition) is 2. The molecule has 1 fully saturated rings. The molecule has 1 aromatic rings. The normalized spacial score (nSPS) is 20.9. The summed E-state index contributed by atoms with van der Waals surface area (Å²) in [5, 5.41) is 5.51. The van der Waals surface area contributed by atoms with Crippen LogP contribution in [0.25, 0.3) is 0 Å². The topological polar surface area (TPSA) is 58.2 Å². The van der Waals surface area contributed by atoms with Crippen molar-refractivity contribution in [2.45, 2.75) is 6.42 Å². The van der Waals surface area contributed by atoms with Crippen molar-refractivity contribution in [2.24, 2.45) is 11.8 Å². The van der Waals surface area contributed by atoms with E-state index in [0.29, 0.717) is 13.0 Å². The highest BCUT2D eigenvalue weighted by Gasteiger charge is 2.47. The lowest BCUT2D eigenvalue weighted by Gasteiger charge is -2.04. The predicted molar refractivity (Wildman–Crippen MR) is 69.9 cm³/mol. The Bertz CT molecular complexity index is 456. The van der Waals surface area contributed by atoms with Gasteiger partial charge in [-0.15, -0.1) is 6.58 Å². The molecule has 4 heteroatoms. The highest BCUT2D eigenvalue weighted by molar-refractivity contribution is 5.99. The molecule has 4 nitrogen and oxygen atoms in total. The van der Waals surface area contributed by atoms with Gasteiger partial charge in [0.05, 0.1) is 11.8 Å². The lowest BCUT2D eigenvalue weighted by atomic mass is 10.2. The zero-order valence-electron chi connectivity index (χ0n) is 10.1. The van der Waals surface area contributed by atoms with E-state index in [2.05, 4.69) is 17.2 Å². The molecule has 0 bridgehead atoms. The smallest absolute Gasteiger partial charge is 0.228 e.